The van der Waals surface area contributed by atoms with Gasteiger partial charge in [-0.05, 0) is 46.0 Å². The van der Waals surface area contributed by atoms with E-state index in [-0.39, 0.29) is 18.3 Å². The smallest absolute Gasteiger partial charge is 0.415 e. The Hall–Kier alpha value is -4.23. The van der Waals surface area contributed by atoms with Gasteiger partial charge in [-0.25, -0.2) is 9.59 Å². The van der Waals surface area contributed by atoms with E-state index in [0.717, 1.165) is 39.1 Å². The van der Waals surface area contributed by atoms with Crippen LogP contribution in [0.25, 0.3) is 11.1 Å². The Bertz CT molecular complexity index is 1510. The maximum absolute atomic E-state index is 13.7. The Morgan fingerprint density at radius 2 is 1.53 bits per heavy atom. The second-order valence-corrected chi connectivity index (χ2v) is 9.72. The maximum Gasteiger partial charge on any atom is 0.415 e. The second kappa shape index (κ2) is 9.91. The number of nitrogens with zero attached hydrogens (tertiary/aromatic N) is 1. The number of ether oxygens (including phenoxy) is 2. The van der Waals surface area contributed by atoms with Crippen LogP contribution in [0, 0.1) is 0 Å². The fraction of sp³-hybridized carbons (Fsp3) is 0.161. The highest BCUT2D eigenvalue weighted by Crippen LogP contribution is 2.45. The molecule has 1 heterocycles. The molecule has 0 bridgehead atoms. The van der Waals surface area contributed by atoms with E-state index in [4.69, 9.17) is 9.47 Å². The molecule has 0 aromatic heterocycles. The van der Waals surface area contributed by atoms with Crippen LogP contribution in [-0.4, -0.2) is 35.6 Å². The number of carbonyl (C=O) groups excluding carboxylic acids is 1. The van der Waals surface area contributed by atoms with E-state index in [2.05, 4.69) is 24.8 Å². The van der Waals surface area contributed by atoms with Crippen molar-refractivity contribution in [3.8, 4) is 22.6 Å². The summed E-state index contributed by atoms with van der Waals surface area (Å²) in [7, 11) is 0. The number of para-hydroxylation sites is 1. The van der Waals surface area contributed by atoms with E-state index >= 15 is 0 Å². The molecule has 4 aromatic rings. The van der Waals surface area contributed by atoms with Crippen LogP contribution in [0.5, 0.6) is 11.5 Å². The van der Waals surface area contributed by atoms with Crippen LogP contribution in [0.3, 0.4) is 0 Å². The van der Waals surface area contributed by atoms with Crippen molar-refractivity contribution in [2.75, 3.05) is 17.3 Å². The summed E-state index contributed by atoms with van der Waals surface area (Å²) in [5, 5.41) is 10.0. The Balaban J connectivity index is 1.34. The Morgan fingerprint density at radius 3 is 2.21 bits per heavy atom. The maximum atomic E-state index is 13.7. The number of benzene rings is 4. The first-order valence-electron chi connectivity index (χ1n) is 12.4. The van der Waals surface area contributed by atoms with Gasteiger partial charge in [0, 0.05) is 23.7 Å². The van der Waals surface area contributed by atoms with Gasteiger partial charge in [0.1, 0.15) is 24.1 Å². The van der Waals surface area contributed by atoms with Gasteiger partial charge in [-0.1, -0.05) is 72.8 Å². The second-order valence-electron chi connectivity index (χ2n) is 9.35. The molecule has 7 heteroatoms. The molecule has 2 aliphatic rings. The Labute approximate surface area is 225 Å². The molecular weight excluding hydrogens is 498 g/mol. The molecule has 1 aliphatic heterocycles. The lowest BCUT2D eigenvalue weighted by Gasteiger charge is -2.31. The molecule has 6 nitrogen and oxygen atoms in total. The summed E-state index contributed by atoms with van der Waals surface area (Å²) in [6.07, 6.45) is -0.242. The molecule has 0 fully saturated rings. The van der Waals surface area contributed by atoms with Gasteiger partial charge in [0.15, 0.2) is 0 Å². The van der Waals surface area contributed by atoms with Crippen LogP contribution >= 0.6 is 12.6 Å². The summed E-state index contributed by atoms with van der Waals surface area (Å²) < 4.78 is 12.0. The van der Waals surface area contributed by atoms with Gasteiger partial charge in [-0.15, -0.1) is 0 Å². The number of hydrogen-bond donors (Lipinski definition) is 2. The summed E-state index contributed by atoms with van der Waals surface area (Å²) in [5.74, 6) is -0.0638. The van der Waals surface area contributed by atoms with Crippen molar-refractivity contribution in [3.63, 3.8) is 0 Å². The van der Waals surface area contributed by atoms with Crippen LogP contribution in [-0.2, 0) is 16.0 Å². The lowest BCUT2D eigenvalue weighted by atomic mass is 9.97. The van der Waals surface area contributed by atoms with E-state index in [1.54, 1.807) is 12.1 Å². The molecular formula is C31H25NO5S. The van der Waals surface area contributed by atoms with E-state index in [0.29, 0.717) is 17.9 Å². The van der Waals surface area contributed by atoms with Crippen molar-refractivity contribution >= 4 is 30.4 Å². The average molecular weight is 524 g/mol. The van der Waals surface area contributed by atoms with Gasteiger partial charge >= 0.3 is 12.1 Å². The highest BCUT2D eigenvalue weighted by atomic mass is 32.1. The number of thiol groups is 1. The number of aliphatic carboxylic acids is 1. The highest BCUT2D eigenvalue weighted by Gasteiger charge is 2.36. The number of amides is 1. The molecule has 1 amide bonds. The van der Waals surface area contributed by atoms with E-state index in [9.17, 15) is 14.7 Å². The number of anilines is 1. The molecule has 4 aromatic carbocycles. The Kier molecular flexibility index (Phi) is 6.29. The van der Waals surface area contributed by atoms with Crippen LogP contribution in [0.15, 0.2) is 91.0 Å². The van der Waals surface area contributed by atoms with Crippen molar-refractivity contribution in [2.45, 2.75) is 18.4 Å². The molecule has 190 valence electrons. The zero-order valence-electron chi connectivity index (χ0n) is 20.4. The van der Waals surface area contributed by atoms with Crippen LogP contribution < -0.4 is 9.64 Å². The van der Waals surface area contributed by atoms with Crippen molar-refractivity contribution in [3.05, 3.63) is 113 Å². The molecule has 0 saturated carbocycles. The zero-order valence-corrected chi connectivity index (χ0v) is 21.3. The largest absolute Gasteiger partial charge is 0.480 e. The third-order valence-electron chi connectivity index (χ3n) is 7.23. The van der Waals surface area contributed by atoms with E-state index < -0.39 is 18.1 Å². The average Bonchev–Trinajstić information content (AvgIpc) is 3.26. The topological polar surface area (TPSA) is 76.1 Å². The third-order valence-corrected chi connectivity index (χ3v) is 7.58. The summed E-state index contributed by atoms with van der Waals surface area (Å²) in [6.45, 7) is 0.0800. The number of carboxylic acids is 1. The van der Waals surface area contributed by atoms with Crippen molar-refractivity contribution in [1.29, 1.82) is 0 Å². The normalized spacial score (nSPS) is 13.8. The molecule has 1 atom stereocenters. The lowest BCUT2D eigenvalue weighted by Crippen LogP contribution is -2.47. The van der Waals surface area contributed by atoms with Crippen molar-refractivity contribution in [1.82, 2.24) is 0 Å². The minimum Gasteiger partial charge on any atom is -0.480 e. The third kappa shape index (κ3) is 4.09. The molecule has 1 N–H and O–H groups in total. The monoisotopic (exact) mass is 523 g/mol. The van der Waals surface area contributed by atoms with E-state index in [1.807, 2.05) is 66.7 Å². The highest BCUT2D eigenvalue weighted by molar-refractivity contribution is 7.80. The molecule has 0 radical (unpaired) electrons. The fourth-order valence-electron chi connectivity index (χ4n) is 5.44. The van der Waals surface area contributed by atoms with E-state index in [1.165, 1.54) is 4.90 Å². The van der Waals surface area contributed by atoms with Crippen LogP contribution in [0.4, 0.5) is 10.5 Å². The minimum atomic E-state index is -1.22. The first-order chi connectivity index (χ1) is 18.6. The van der Waals surface area contributed by atoms with Gasteiger partial charge in [0.05, 0.1) is 5.69 Å². The Morgan fingerprint density at radius 1 is 0.895 bits per heavy atom. The quantitative estimate of drug-likeness (QED) is 0.248. The number of hydrogen-bond acceptors (Lipinski definition) is 5. The SMILES string of the molecule is O=C(O)[C@H](CS)N(C(=O)OCC1c2ccccc2-c2ccccc21)c1cccc2c1Cc1ccccc1O2. The summed E-state index contributed by atoms with van der Waals surface area (Å²) in [6, 6.07) is 27.9. The molecule has 38 heavy (non-hydrogen) atoms. The molecule has 0 unspecified atom stereocenters. The summed E-state index contributed by atoms with van der Waals surface area (Å²) in [4.78, 5) is 27.2. The summed E-state index contributed by atoms with van der Waals surface area (Å²) >= 11 is 4.28. The fourth-order valence-corrected chi connectivity index (χ4v) is 5.76. The first kappa shape index (κ1) is 24.1. The van der Waals surface area contributed by atoms with Crippen molar-refractivity contribution in [2.24, 2.45) is 0 Å². The van der Waals surface area contributed by atoms with Gasteiger partial charge in [0.25, 0.3) is 0 Å². The van der Waals surface area contributed by atoms with Gasteiger partial charge in [0.2, 0.25) is 0 Å². The van der Waals surface area contributed by atoms with Crippen LogP contribution in [0.2, 0.25) is 0 Å². The molecule has 0 saturated heterocycles. The predicted molar refractivity (Wildman–Crippen MR) is 149 cm³/mol. The summed E-state index contributed by atoms with van der Waals surface area (Å²) in [5.41, 5.74) is 6.53. The standard InChI is InChI=1S/C31H25NO5S/c33-30(34)27(18-38)32(26-13-7-15-29-24(26)16-19-8-1-6-14-28(19)37-29)31(35)36-17-25-22-11-4-2-9-20(22)21-10-3-5-12-23(21)25/h1-15,25,27,38H,16-18H2,(H,33,34)/t27-/m0/s1. The molecule has 6 rings (SSSR count). The number of carboxylic acid groups (broad SMARTS) is 1. The minimum absolute atomic E-state index is 0.0800. The van der Waals surface area contributed by atoms with Gasteiger partial charge < -0.3 is 14.6 Å². The number of carbonyl (C=O) groups is 2. The van der Waals surface area contributed by atoms with Crippen LogP contribution in [0.1, 0.15) is 28.2 Å². The lowest BCUT2D eigenvalue weighted by molar-refractivity contribution is -0.138. The molecule has 1 aliphatic carbocycles. The van der Waals surface area contributed by atoms with Crippen molar-refractivity contribution < 1.29 is 24.2 Å². The van der Waals surface area contributed by atoms with Gasteiger partial charge in [-0.2, -0.15) is 12.6 Å². The zero-order chi connectivity index (χ0) is 26.2. The number of rotatable bonds is 6. The van der Waals surface area contributed by atoms with Gasteiger partial charge in [-0.3, -0.25) is 4.90 Å². The molecule has 0 spiro atoms. The predicted octanol–water partition coefficient (Wildman–Crippen LogP) is 6.52. The number of fused-ring (bicyclic) bond motifs is 5. The first-order valence-corrected chi connectivity index (χ1v) is 13.1.